The lowest BCUT2D eigenvalue weighted by molar-refractivity contribution is -0.128. The van der Waals surface area contributed by atoms with Gasteiger partial charge in [-0.05, 0) is 29.8 Å². The lowest BCUT2D eigenvalue weighted by Gasteiger charge is -2.16. The number of carbonyl (C=O) groups is 2. The Bertz CT molecular complexity index is 772. The summed E-state index contributed by atoms with van der Waals surface area (Å²) >= 11 is 0. The summed E-state index contributed by atoms with van der Waals surface area (Å²) in [6.45, 7) is 5.02. The Hall–Kier alpha value is -3.08. The number of nitrogens with one attached hydrogen (secondary N) is 1. The molecule has 1 fully saturated rings. The first-order valence-corrected chi connectivity index (χ1v) is 8.62. The molecule has 1 saturated heterocycles. The molecule has 0 unspecified atom stereocenters. The van der Waals surface area contributed by atoms with Crippen LogP contribution < -0.4 is 10.1 Å². The summed E-state index contributed by atoms with van der Waals surface area (Å²) in [5, 5.41) is 2.88. The fraction of sp³-hybridized carbons (Fsp3) is 0.238. The van der Waals surface area contributed by atoms with Crippen molar-refractivity contribution in [1.82, 2.24) is 4.90 Å². The van der Waals surface area contributed by atoms with Gasteiger partial charge in [-0.15, -0.1) is 0 Å². The summed E-state index contributed by atoms with van der Waals surface area (Å²) in [5.41, 5.74) is 1.76. The van der Waals surface area contributed by atoms with Crippen LogP contribution in [-0.2, 0) is 16.1 Å². The Morgan fingerprint density at radius 2 is 1.92 bits per heavy atom. The second-order valence-electron chi connectivity index (χ2n) is 6.27. The van der Waals surface area contributed by atoms with E-state index in [1.165, 1.54) is 0 Å². The first kappa shape index (κ1) is 17.7. The molecule has 0 aromatic heterocycles. The normalized spacial score (nSPS) is 16.4. The van der Waals surface area contributed by atoms with Crippen LogP contribution in [0.15, 0.2) is 67.3 Å². The molecule has 1 heterocycles. The number of ether oxygens (including phenoxy) is 1. The Morgan fingerprint density at radius 1 is 1.19 bits per heavy atom. The van der Waals surface area contributed by atoms with Crippen LogP contribution in [0.3, 0.4) is 0 Å². The van der Waals surface area contributed by atoms with Crippen molar-refractivity contribution in [2.45, 2.75) is 13.0 Å². The summed E-state index contributed by atoms with van der Waals surface area (Å²) in [6.07, 6.45) is 1.92. The first-order valence-electron chi connectivity index (χ1n) is 8.62. The largest absolute Gasteiger partial charge is 0.490 e. The number of amides is 2. The molecule has 0 aliphatic carbocycles. The number of likely N-dealkylation sites (tertiary alicyclic amines) is 1. The van der Waals surface area contributed by atoms with Crippen molar-refractivity contribution in [3.8, 4) is 5.75 Å². The van der Waals surface area contributed by atoms with Crippen molar-refractivity contribution in [2.24, 2.45) is 5.92 Å². The highest BCUT2D eigenvalue weighted by Crippen LogP contribution is 2.23. The molecule has 1 atom stereocenters. The topological polar surface area (TPSA) is 58.6 Å². The fourth-order valence-corrected chi connectivity index (χ4v) is 2.94. The van der Waals surface area contributed by atoms with Gasteiger partial charge in [0, 0.05) is 25.2 Å². The van der Waals surface area contributed by atoms with E-state index in [9.17, 15) is 9.59 Å². The zero-order valence-electron chi connectivity index (χ0n) is 14.6. The van der Waals surface area contributed by atoms with Crippen molar-refractivity contribution in [3.05, 3.63) is 72.8 Å². The van der Waals surface area contributed by atoms with Crippen LogP contribution >= 0.6 is 0 Å². The van der Waals surface area contributed by atoms with E-state index in [-0.39, 0.29) is 24.2 Å². The second kappa shape index (κ2) is 8.34. The van der Waals surface area contributed by atoms with E-state index in [1.54, 1.807) is 35.2 Å². The number of nitrogens with zero attached hydrogens (tertiary/aromatic N) is 1. The van der Waals surface area contributed by atoms with Gasteiger partial charge < -0.3 is 15.0 Å². The monoisotopic (exact) mass is 350 g/mol. The number of hydrogen-bond donors (Lipinski definition) is 1. The van der Waals surface area contributed by atoms with E-state index in [2.05, 4.69) is 11.9 Å². The number of carbonyl (C=O) groups excluding carboxylic acids is 2. The Morgan fingerprint density at radius 3 is 2.62 bits per heavy atom. The molecular formula is C21H22N2O3. The molecule has 2 aromatic carbocycles. The maximum Gasteiger partial charge on any atom is 0.229 e. The lowest BCUT2D eigenvalue weighted by Crippen LogP contribution is -2.28. The van der Waals surface area contributed by atoms with Crippen LogP contribution in [0, 0.1) is 5.92 Å². The van der Waals surface area contributed by atoms with Gasteiger partial charge in [-0.25, -0.2) is 0 Å². The van der Waals surface area contributed by atoms with E-state index in [0.29, 0.717) is 31.1 Å². The number of hydrogen-bond acceptors (Lipinski definition) is 3. The third kappa shape index (κ3) is 4.51. The summed E-state index contributed by atoms with van der Waals surface area (Å²) in [5.74, 6) is 0.270. The van der Waals surface area contributed by atoms with Crippen molar-refractivity contribution in [1.29, 1.82) is 0 Å². The van der Waals surface area contributed by atoms with Crippen LogP contribution in [0.25, 0.3) is 0 Å². The van der Waals surface area contributed by atoms with Gasteiger partial charge >= 0.3 is 0 Å². The zero-order chi connectivity index (χ0) is 18.4. The fourth-order valence-electron chi connectivity index (χ4n) is 2.94. The minimum Gasteiger partial charge on any atom is -0.490 e. The van der Waals surface area contributed by atoms with Gasteiger partial charge in [0.2, 0.25) is 11.8 Å². The van der Waals surface area contributed by atoms with E-state index >= 15 is 0 Å². The molecule has 26 heavy (non-hydrogen) atoms. The molecule has 134 valence electrons. The predicted octanol–water partition coefficient (Wildman–Crippen LogP) is 3.24. The molecule has 1 aliphatic heterocycles. The highest BCUT2D eigenvalue weighted by molar-refractivity contribution is 5.97. The maximum absolute atomic E-state index is 12.5. The van der Waals surface area contributed by atoms with Crippen molar-refractivity contribution >= 4 is 17.5 Å². The van der Waals surface area contributed by atoms with Crippen LogP contribution in [-0.4, -0.2) is 29.9 Å². The molecule has 0 bridgehead atoms. The predicted molar refractivity (Wildman–Crippen MR) is 101 cm³/mol. The molecule has 2 amide bonds. The van der Waals surface area contributed by atoms with Crippen molar-refractivity contribution in [2.75, 3.05) is 18.5 Å². The SMILES string of the molecule is C=CCOc1ccc(NC(=O)[C@@H]2CC(=O)N(Cc3ccccc3)C2)cc1. The standard InChI is InChI=1S/C21H22N2O3/c1-2-12-26-19-10-8-18(9-11-19)22-21(25)17-13-20(24)23(15-17)14-16-6-4-3-5-7-16/h2-11,17H,1,12-15H2,(H,22,25)/t17-/m1/s1. The molecule has 0 radical (unpaired) electrons. The van der Waals surface area contributed by atoms with Crippen LogP contribution in [0.4, 0.5) is 5.69 Å². The highest BCUT2D eigenvalue weighted by atomic mass is 16.5. The van der Waals surface area contributed by atoms with Gasteiger partial charge in [0.25, 0.3) is 0 Å². The molecule has 1 N–H and O–H groups in total. The number of anilines is 1. The van der Waals surface area contributed by atoms with E-state index in [0.717, 1.165) is 5.56 Å². The van der Waals surface area contributed by atoms with Gasteiger partial charge in [0.05, 0.1) is 5.92 Å². The maximum atomic E-state index is 12.5. The Labute approximate surface area is 153 Å². The minimum absolute atomic E-state index is 0.0159. The number of benzene rings is 2. The summed E-state index contributed by atoms with van der Waals surface area (Å²) in [7, 11) is 0. The van der Waals surface area contributed by atoms with Crippen LogP contribution in [0.5, 0.6) is 5.75 Å². The summed E-state index contributed by atoms with van der Waals surface area (Å²) in [4.78, 5) is 26.4. The van der Waals surface area contributed by atoms with E-state index in [1.807, 2.05) is 30.3 Å². The molecule has 0 saturated carbocycles. The molecule has 5 nitrogen and oxygen atoms in total. The molecule has 2 aromatic rings. The van der Waals surface area contributed by atoms with Gasteiger partial charge in [0.1, 0.15) is 12.4 Å². The Kier molecular flexibility index (Phi) is 5.69. The lowest BCUT2D eigenvalue weighted by atomic mass is 10.1. The molecule has 1 aliphatic rings. The summed E-state index contributed by atoms with van der Waals surface area (Å²) < 4.78 is 5.42. The van der Waals surface area contributed by atoms with E-state index < -0.39 is 0 Å². The first-order chi connectivity index (χ1) is 12.7. The molecule has 0 spiro atoms. The Balaban J connectivity index is 1.55. The van der Waals surface area contributed by atoms with E-state index in [4.69, 9.17) is 4.74 Å². The quantitative estimate of drug-likeness (QED) is 0.780. The third-order valence-corrected chi connectivity index (χ3v) is 4.29. The van der Waals surface area contributed by atoms with Crippen molar-refractivity contribution in [3.63, 3.8) is 0 Å². The molecule has 3 rings (SSSR count). The number of rotatable bonds is 7. The minimum atomic E-state index is -0.331. The second-order valence-corrected chi connectivity index (χ2v) is 6.27. The molecule has 5 heteroatoms. The average molecular weight is 350 g/mol. The zero-order valence-corrected chi connectivity index (χ0v) is 14.6. The van der Waals surface area contributed by atoms with Crippen LogP contribution in [0.1, 0.15) is 12.0 Å². The van der Waals surface area contributed by atoms with Crippen LogP contribution in [0.2, 0.25) is 0 Å². The summed E-state index contributed by atoms with van der Waals surface area (Å²) in [6, 6.07) is 17.0. The smallest absolute Gasteiger partial charge is 0.229 e. The van der Waals surface area contributed by atoms with Gasteiger partial charge in [-0.2, -0.15) is 0 Å². The van der Waals surface area contributed by atoms with Gasteiger partial charge in [-0.1, -0.05) is 43.0 Å². The van der Waals surface area contributed by atoms with Gasteiger partial charge in [-0.3, -0.25) is 9.59 Å². The molecular weight excluding hydrogens is 328 g/mol. The van der Waals surface area contributed by atoms with Crippen molar-refractivity contribution < 1.29 is 14.3 Å². The highest BCUT2D eigenvalue weighted by Gasteiger charge is 2.34. The van der Waals surface area contributed by atoms with Gasteiger partial charge in [0.15, 0.2) is 0 Å². The third-order valence-electron chi connectivity index (χ3n) is 4.29. The average Bonchev–Trinajstić information content (AvgIpc) is 3.03.